The Morgan fingerprint density at radius 2 is 1.47 bits per heavy atom. The van der Waals surface area contributed by atoms with Crippen LogP contribution in [-0.4, -0.2) is 0 Å². The topological polar surface area (TPSA) is 26.0 Å². The number of hydrogen-bond acceptors (Lipinski definition) is 1. The van der Waals surface area contributed by atoms with Crippen molar-refractivity contribution in [2.75, 3.05) is 5.73 Å². The fraction of sp³-hybridized carbons (Fsp3) is 0.667. The van der Waals surface area contributed by atoms with E-state index < -0.39 is 0 Å². The van der Waals surface area contributed by atoms with Gasteiger partial charge >= 0.3 is 0 Å². The normalized spacial score (nSPS) is 39.8. The molecule has 2 N–H and O–H groups in total. The van der Waals surface area contributed by atoms with Crippen molar-refractivity contribution in [3.05, 3.63) is 28.8 Å². The van der Waals surface area contributed by atoms with E-state index in [0.717, 1.165) is 23.4 Å². The van der Waals surface area contributed by atoms with E-state index in [2.05, 4.69) is 26.0 Å². The fourth-order valence-electron chi connectivity index (χ4n) is 5.66. The van der Waals surface area contributed by atoms with E-state index in [-0.39, 0.29) is 0 Å². The van der Waals surface area contributed by atoms with Crippen molar-refractivity contribution in [1.82, 2.24) is 0 Å². The molecule has 1 nitrogen and oxygen atoms in total. The number of nitrogen functional groups attached to an aromatic ring is 1. The zero-order valence-electron chi connectivity index (χ0n) is 12.2. The maximum absolute atomic E-state index is 6.24. The zero-order chi connectivity index (χ0) is 13.2. The van der Waals surface area contributed by atoms with Gasteiger partial charge in [0.1, 0.15) is 0 Å². The van der Waals surface area contributed by atoms with E-state index >= 15 is 0 Å². The van der Waals surface area contributed by atoms with Gasteiger partial charge in [0, 0.05) is 5.69 Å². The summed E-state index contributed by atoms with van der Waals surface area (Å²) in [5.74, 6) is 3.03. The molecule has 0 heterocycles. The first-order valence-electron chi connectivity index (χ1n) is 7.93. The summed E-state index contributed by atoms with van der Waals surface area (Å²) < 4.78 is 0. The van der Waals surface area contributed by atoms with Crippen LogP contribution in [-0.2, 0) is 5.41 Å². The second-order valence-electron chi connectivity index (χ2n) is 7.71. The Balaban J connectivity index is 1.79. The van der Waals surface area contributed by atoms with Gasteiger partial charge in [-0.1, -0.05) is 6.07 Å². The zero-order valence-corrected chi connectivity index (χ0v) is 12.2. The van der Waals surface area contributed by atoms with Crippen LogP contribution in [0.15, 0.2) is 12.1 Å². The predicted octanol–water partition coefficient (Wildman–Crippen LogP) is 4.35. The van der Waals surface area contributed by atoms with Crippen molar-refractivity contribution >= 4 is 5.69 Å². The summed E-state index contributed by atoms with van der Waals surface area (Å²) in [5.41, 5.74) is 11.9. The van der Waals surface area contributed by atoms with Gasteiger partial charge in [-0.25, -0.2) is 0 Å². The molecule has 1 aromatic carbocycles. The van der Waals surface area contributed by atoms with Crippen LogP contribution in [0.1, 0.15) is 55.2 Å². The van der Waals surface area contributed by atoms with Crippen LogP contribution >= 0.6 is 0 Å². The first kappa shape index (κ1) is 11.8. The first-order valence-corrected chi connectivity index (χ1v) is 7.93. The van der Waals surface area contributed by atoms with Crippen molar-refractivity contribution < 1.29 is 0 Å². The fourth-order valence-corrected chi connectivity index (χ4v) is 5.66. The smallest absolute Gasteiger partial charge is 0.0349 e. The van der Waals surface area contributed by atoms with E-state index in [9.17, 15) is 0 Å². The van der Waals surface area contributed by atoms with Crippen LogP contribution in [0.3, 0.4) is 0 Å². The monoisotopic (exact) mass is 255 g/mol. The largest absolute Gasteiger partial charge is 0.398 e. The molecule has 4 fully saturated rings. The Morgan fingerprint density at radius 3 is 1.95 bits per heavy atom. The highest BCUT2D eigenvalue weighted by Crippen LogP contribution is 2.60. The van der Waals surface area contributed by atoms with E-state index in [0.29, 0.717) is 5.41 Å². The molecule has 1 heteroatoms. The highest BCUT2D eigenvalue weighted by Gasteiger charge is 2.51. The van der Waals surface area contributed by atoms with Crippen LogP contribution in [0.2, 0.25) is 0 Å². The van der Waals surface area contributed by atoms with Crippen LogP contribution in [0.5, 0.6) is 0 Å². The molecule has 0 unspecified atom stereocenters. The Labute approximate surface area is 116 Å². The summed E-state index contributed by atoms with van der Waals surface area (Å²) in [7, 11) is 0. The number of aryl methyl sites for hydroxylation is 1. The Bertz CT molecular complexity index is 470. The minimum absolute atomic E-state index is 0.487. The van der Waals surface area contributed by atoms with Gasteiger partial charge in [-0.15, -0.1) is 0 Å². The lowest BCUT2D eigenvalue weighted by atomic mass is 9.48. The summed E-state index contributed by atoms with van der Waals surface area (Å²) in [6.45, 7) is 4.36. The predicted molar refractivity (Wildman–Crippen MR) is 80.2 cm³/mol. The molecule has 1 aromatic rings. The molecule has 0 radical (unpaired) electrons. The summed E-state index contributed by atoms with van der Waals surface area (Å²) in [5, 5.41) is 0. The standard InChI is InChI=1S/C18H25N/c1-11-3-16(7-17(19)12(11)2)18-8-13-4-14(9-18)6-15(5-13)10-18/h3,7,13-15H,4-6,8-10,19H2,1-2H3. The molecular weight excluding hydrogens is 230 g/mol. The van der Waals surface area contributed by atoms with Crippen molar-refractivity contribution in [2.24, 2.45) is 17.8 Å². The molecule has 5 rings (SSSR count). The molecule has 4 saturated carbocycles. The molecule has 0 atom stereocenters. The molecule has 4 aliphatic rings. The second kappa shape index (κ2) is 3.77. The summed E-state index contributed by atoms with van der Waals surface area (Å²) >= 11 is 0. The maximum Gasteiger partial charge on any atom is 0.0349 e. The van der Waals surface area contributed by atoms with Crippen LogP contribution in [0.25, 0.3) is 0 Å². The van der Waals surface area contributed by atoms with E-state index in [1.807, 2.05) is 0 Å². The molecule has 19 heavy (non-hydrogen) atoms. The minimum atomic E-state index is 0.487. The van der Waals surface area contributed by atoms with Crippen LogP contribution in [0.4, 0.5) is 5.69 Å². The number of rotatable bonds is 1. The van der Waals surface area contributed by atoms with E-state index in [1.54, 1.807) is 5.56 Å². The van der Waals surface area contributed by atoms with Gasteiger partial charge in [-0.05, 0) is 98.3 Å². The molecule has 0 amide bonds. The third kappa shape index (κ3) is 1.67. The van der Waals surface area contributed by atoms with Gasteiger partial charge in [0.15, 0.2) is 0 Å². The van der Waals surface area contributed by atoms with Gasteiger partial charge in [-0.2, -0.15) is 0 Å². The molecule has 0 saturated heterocycles. The highest BCUT2D eigenvalue weighted by molar-refractivity contribution is 5.54. The summed E-state index contributed by atoms with van der Waals surface area (Å²) in [6.07, 6.45) is 8.83. The van der Waals surface area contributed by atoms with Crippen molar-refractivity contribution in [3.63, 3.8) is 0 Å². The van der Waals surface area contributed by atoms with Gasteiger partial charge in [0.05, 0.1) is 0 Å². The lowest BCUT2D eigenvalue weighted by Gasteiger charge is -2.57. The lowest BCUT2D eigenvalue weighted by Crippen LogP contribution is -2.48. The van der Waals surface area contributed by atoms with Gasteiger partial charge in [0.25, 0.3) is 0 Å². The van der Waals surface area contributed by atoms with Crippen LogP contribution < -0.4 is 5.73 Å². The van der Waals surface area contributed by atoms with E-state index in [1.165, 1.54) is 49.7 Å². The Kier molecular flexibility index (Phi) is 2.35. The third-order valence-electron chi connectivity index (χ3n) is 6.36. The third-order valence-corrected chi connectivity index (χ3v) is 6.36. The lowest BCUT2D eigenvalue weighted by molar-refractivity contribution is -0.00519. The summed E-state index contributed by atoms with van der Waals surface area (Å²) in [4.78, 5) is 0. The second-order valence-corrected chi connectivity index (χ2v) is 7.71. The first-order chi connectivity index (χ1) is 9.06. The van der Waals surface area contributed by atoms with Gasteiger partial charge < -0.3 is 5.73 Å². The Hall–Kier alpha value is -0.980. The summed E-state index contributed by atoms with van der Waals surface area (Å²) in [6, 6.07) is 4.74. The van der Waals surface area contributed by atoms with E-state index in [4.69, 9.17) is 5.73 Å². The van der Waals surface area contributed by atoms with Crippen molar-refractivity contribution in [3.8, 4) is 0 Å². The molecule has 102 valence electrons. The molecule has 4 aliphatic carbocycles. The molecule has 0 aromatic heterocycles. The number of anilines is 1. The molecular formula is C18H25N. The number of nitrogens with two attached hydrogens (primary N) is 1. The molecule has 4 bridgehead atoms. The van der Waals surface area contributed by atoms with Crippen molar-refractivity contribution in [2.45, 2.75) is 57.8 Å². The van der Waals surface area contributed by atoms with Gasteiger partial charge in [-0.3, -0.25) is 0 Å². The minimum Gasteiger partial charge on any atom is -0.398 e. The van der Waals surface area contributed by atoms with Gasteiger partial charge in [0.2, 0.25) is 0 Å². The number of hydrogen-bond donors (Lipinski definition) is 1. The molecule has 0 spiro atoms. The molecule has 0 aliphatic heterocycles. The highest BCUT2D eigenvalue weighted by atomic mass is 14.6. The average molecular weight is 255 g/mol. The Morgan fingerprint density at radius 1 is 0.947 bits per heavy atom. The van der Waals surface area contributed by atoms with Crippen LogP contribution in [0, 0.1) is 31.6 Å². The average Bonchev–Trinajstić information content (AvgIpc) is 2.33. The quantitative estimate of drug-likeness (QED) is 0.742. The maximum atomic E-state index is 6.24. The number of benzene rings is 1. The SMILES string of the molecule is Cc1cc(C23CC4CC(CC(C4)C2)C3)cc(N)c1C. The van der Waals surface area contributed by atoms with Crippen molar-refractivity contribution in [1.29, 1.82) is 0 Å².